The maximum absolute atomic E-state index is 12.4. The van der Waals surface area contributed by atoms with Gasteiger partial charge in [0.15, 0.2) is 0 Å². The van der Waals surface area contributed by atoms with Crippen LogP contribution in [0.15, 0.2) is 34.7 Å². The molecule has 1 saturated heterocycles. The third-order valence-electron chi connectivity index (χ3n) is 5.06. The molecule has 2 heterocycles. The van der Waals surface area contributed by atoms with Gasteiger partial charge in [-0.1, -0.05) is 37.3 Å². The van der Waals surface area contributed by atoms with Crippen molar-refractivity contribution in [3.8, 4) is 0 Å². The Labute approximate surface area is 155 Å². The minimum absolute atomic E-state index is 0.0955. The molecule has 6 nitrogen and oxygen atoms in total. The fourth-order valence-corrected chi connectivity index (χ4v) is 3.34. The number of hydrogen-bond donors (Lipinski definition) is 0. The van der Waals surface area contributed by atoms with E-state index in [-0.39, 0.29) is 11.9 Å². The van der Waals surface area contributed by atoms with Crippen LogP contribution in [0.2, 0.25) is 0 Å². The quantitative estimate of drug-likeness (QED) is 0.763. The van der Waals surface area contributed by atoms with Gasteiger partial charge in [-0.2, -0.15) is 0 Å². The second kappa shape index (κ2) is 8.94. The summed E-state index contributed by atoms with van der Waals surface area (Å²) in [7, 11) is 0. The van der Waals surface area contributed by atoms with Crippen molar-refractivity contribution < 1.29 is 9.21 Å². The zero-order chi connectivity index (χ0) is 18.4. The molecule has 26 heavy (non-hydrogen) atoms. The van der Waals surface area contributed by atoms with E-state index in [1.807, 2.05) is 30.0 Å². The van der Waals surface area contributed by atoms with Crippen molar-refractivity contribution >= 4 is 5.91 Å². The lowest BCUT2D eigenvalue weighted by Gasteiger charge is -2.37. The molecule has 0 saturated carbocycles. The van der Waals surface area contributed by atoms with Gasteiger partial charge >= 0.3 is 0 Å². The molecule has 0 N–H and O–H groups in total. The van der Waals surface area contributed by atoms with E-state index >= 15 is 0 Å². The number of benzene rings is 1. The summed E-state index contributed by atoms with van der Waals surface area (Å²) < 4.78 is 5.67. The molecule has 1 fully saturated rings. The first-order valence-corrected chi connectivity index (χ1v) is 9.55. The molecule has 1 aromatic carbocycles. The first kappa shape index (κ1) is 18.6. The van der Waals surface area contributed by atoms with Crippen LogP contribution in [-0.4, -0.2) is 52.1 Å². The molecule has 140 valence electrons. The number of aryl methyl sites for hydroxylation is 2. The van der Waals surface area contributed by atoms with Crippen LogP contribution in [-0.2, 0) is 17.6 Å². The maximum Gasteiger partial charge on any atom is 0.233 e. The van der Waals surface area contributed by atoms with Gasteiger partial charge in [-0.3, -0.25) is 9.69 Å². The van der Waals surface area contributed by atoms with Crippen molar-refractivity contribution in [3.05, 3.63) is 47.7 Å². The van der Waals surface area contributed by atoms with Gasteiger partial charge in [-0.25, -0.2) is 0 Å². The van der Waals surface area contributed by atoms with Crippen molar-refractivity contribution in [2.45, 2.75) is 45.6 Å². The third kappa shape index (κ3) is 4.69. The van der Waals surface area contributed by atoms with Crippen molar-refractivity contribution in [3.63, 3.8) is 0 Å². The topological polar surface area (TPSA) is 62.5 Å². The summed E-state index contributed by atoms with van der Waals surface area (Å²) in [6, 6.07) is 10.4. The van der Waals surface area contributed by atoms with Gasteiger partial charge in [0, 0.05) is 39.0 Å². The molecule has 0 spiro atoms. The van der Waals surface area contributed by atoms with Crippen LogP contribution in [0.3, 0.4) is 0 Å². The smallest absolute Gasteiger partial charge is 0.233 e. The summed E-state index contributed by atoms with van der Waals surface area (Å²) in [5, 5.41) is 8.19. The summed E-state index contributed by atoms with van der Waals surface area (Å²) in [5.74, 6) is 1.61. The van der Waals surface area contributed by atoms with E-state index in [0.29, 0.717) is 18.2 Å². The first-order chi connectivity index (χ1) is 12.7. The molecular weight excluding hydrogens is 328 g/mol. The Hall–Kier alpha value is -2.21. The minimum Gasteiger partial charge on any atom is -0.424 e. The van der Waals surface area contributed by atoms with Crippen LogP contribution < -0.4 is 0 Å². The van der Waals surface area contributed by atoms with Gasteiger partial charge in [-0.15, -0.1) is 10.2 Å². The van der Waals surface area contributed by atoms with Gasteiger partial charge in [0.1, 0.15) is 0 Å². The van der Waals surface area contributed by atoms with Crippen LogP contribution in [0.5, 0.6) is 0 Å². The molecule has 1 amide bonds. The molecule has 1 aromatic heterocycles. The van der Waals surface area contributed by atoms with E-state index in [1.54, 1.807) is 0 Å². The fraction of sp³-hybridized carbons (Fsp3) is 0.550. The molecule has 1 atom stereocenters. The molecule has 1 aliphatic rings. The van der Waals surface area contributed by atoms with Crippen LogP contribution in [0.1, 0.15) is 50.1 Å². The van der Waals surface area contributed by atoms with Crippen LogP contribution in [0, 0.1) is 0 Å². The molecule has 1 aliphatic heterocycles. The van der Waals surface area contributed by atoms with Crippen LogP contribution in [0.25, 0.3) is 0 Å². The first-order valence-electron chi connectivity index (χ1n) is 9.55. The summed E-state index contributed by atoms with van der Waals surface area (Å²) in [4.78, 5) is 16.7. The standard InChI is InChI=1S/C20H28N4O2/c1-3-18-21-22-20(26-18)16(2)23-12-14-24(15-13-23)19(25)11-7-10-17-8-5-4-6-9-17/h4-6,8-9,16H,3,7,10-15H2,1-2H3/t16-/m0/s1. The number of carbonyl (C=O) groups is 1. The highest BCUT2D eigenvalue weighted by Gasteiger charge is 2.27. The van der Waals surface area contributed by atoms with Crippen molar-refractivity contribution in [1.82, 2.24) is 20.0 Å². The Balaban J connectivity index is 1.42. The number of nitrogens with zero attached hydrogens (tertiary/aromatic N) is 4. The SMILES string of the molecule is CCc1nnc([C@H](C)N2CCN(C(=O)CCCc3ccccc3)CC2)o1. The zero-order valence-electron chi connectivity index (χ0n) is 15.7. The number of carbonyl (C=O) groups excluding carboxylic acids is 1. The molecule has 6 heteroatoms. The minimum atomic E-state index is 0.0955. The lowest BCUT2D eigenvalue weighted by Crippen LogP contribution is -2.49. The van der Waals surface area contributed by atoms with E-state index in [1.165, 1.54) is 5.56 Å². The summed E-state index contributed by atoms with van der Waals surface area (Å²) in [6.07, 6.45) is 3.24. The number of amides is 1. The number of aromatic nitrogens is 2. The highest BCUT2D eigenvalue weighted by Crippen LogP contribution is 2.21. The summed E-state index contributed by atoms with van der Waals surface area (Å²) in [5.41, 5.74) is 1.30. The molecule has 2 aromatic rings. The normalized spacial score (nSPS) is 16.6. The monoisotopic (exact) mass is 356 g/mol. The van der Waals surface area contributed by atoms with Crippen molar-refractivity contribution in [1.29, 1.82) is 0 Å². The van der Waals surface area contributed by atoms with Gasteiger partial charge < -0.3 is 9.32 Å². The van der Waals surface area contributed by atoms with Crippen molar-refractivity contribution in [2.24, 2.45) is 0 Å². The van der Waals surface area contributed by atoms with E-state index < -0.39 is 0 Å². The lowest BCUT2D eigenvalue weighted by molar-refractivity contribution is -0.133. The predicted molar refractivity (Wildman–Crippen MR) is 99.6 cm³/mol. The van der Waals surface area contributed by atoms with Gasteiger partial charge in [0.05, 0.1) is 6.04 Å². The Kier molecular flexibility index (Phi) is 6.39. The number of rotatable bonds is 7. The highest BCUT2D eigenvalue weighted by atomic mass is 16.4. The largest absolute Gasteiger partial charge is 0.424 e. The van der Waals surface area contributed by atoms with E-state index in [0.717, 1.165) is 45.4 Å². The molecule has 0 aliphatic carbocycles. The number of hydrogen-bond acceptors (Lipinski definition) is 5. The lowest BCUT2D eigenvalue weighted by atomic mass is 10.1. The van der Waals surface area contributed by atoms with Gasteiger partial charge in [-0.05, 0) is 25.3 Å². The molecule has 0 unspecified atom stereocenters. The van der Waals surface area contributed by atoms with E-state index in [4.69, 9.17) is 4.42 Å². The summed E-state index contributed by atoms with van der Waals surface area (Å²) >= 11 is 0. The van der Waals surface area contributed by atoms with Gasteiger partial charge in [0.2, 0.25) is 17.7 Å². The molecule has 0 radical (unpaired) electrons. The van der Waals surface area contributed by atoms with Crippen LogP contribution >= 0.6 is 0 Å². The average molecular weight is 356 g/mol. The molecule has 3 rings (SSSR count). The average Bonchev–Trinajstić information content (AvgIpc) is 3.17. The Morgan fingerprint density at radius 1 is 1.15 bits per heavy atom. The Morgan fingerprint density at radius 2 is 1.88 bits per heavy atom. The van der Waals surface area contributed by atoms with E-state index in [9.17, 15) is 4.79 Å². The zero-order valence-corrected chi connectivity index (χ0v) is 15.7. The van der Waals surface area contributed by atoms with Crippen LogP contribution in [0.4, 0.5) is 0 Å². The highest BCUT2D eigenvalue weighted by molar-refractivity contribution is 5.76. The molecular formula is C20H28N4O2. The second-order valence-corrected chi connectivity index (χ2v) is 6.82. The summed E-state index contributed by atoms with van der Waals surface area (Å²) in [6.45, 7) is 7.31. The third-order valence-corrected chi connectivity index (χ3v) is 5.06. The fourth-order valence-electron chi connectivity index (χ4n) is 3.34. The number of piperazine rings is 1. The maximum atomic E-state index is 12.4. The Morgan fingerprint density at radius 3 is 2.54 bits per heavy atom. The van der Waals surface area contributed by atoms with E-state index in [2.05, 4.69) is 34.2 Å². The Bertz CT molecular complexity index is 693. The van der Waals surface area contributed by atoms with Crippen molar-refractivity contribution in [2.75, 3.05) is 26.2 Å². The molecule has 0 bridgehead atoms. The predicted octanol–water partition coefficient (Wildman–Crippen LogP) is 2.86. The van der Waals surface area contributed by atoms with Gasteiger partial charge in [0.25, 0.3) is 0 Å². The second-order valence-electron chi connectivity index (χ2n) is 6.82.